The molecule has 1 aromatic rings. The minimum Gasteiger partial charge on any atom is -0.467 e. The van der Waals surface area contributed by atoms with Crippen LogP contribution >= 0.6 is 0 Å². The Morgan fingerprint density at radius 3 is 2.54 bits per heavy atom. The summed E-state index contributed by atoms with van der Waals surface area (Å²) in [6, 6.07) is 3.32. The van der Waals surface area contributed by atoms with Crippen LogP contribution in [0.25, 0.3) is 0 Å². The van der Waals surface area contributed by atoms with E-state index in [-0.39, 0.29) is 18.3 Å². The van der Waals surface area contributed by atoms with Crippen LogP contribution in [0.2, 0.25) is 0 Å². The number of fused-ring (bicyclic) bond motifs is 1. The lowest BCUT2D eigenvalue weighted by molar-refractivity contribution is -0.145. The molecule has 0 aromatic heterocycles. The number of carbonyl (C=O) groups excluding carboxylic acids is 3. The van der Waals surface area contributed by atoms with Crippen molar-refractivity contribution in [2.75, 3.05) is 13.7 Å². The van der Waals surface area contributed by atoms with Crippen molar-refractivity contribution in [3.63, 3.8) is 0 Å². The molecule has 1 fully saturated rings. The van der Waals surface area contributed by atoms with Gasteiger partial charge in [-0.15, -0.1) is 6.58 Å². The number of halogens is 1. The standard InChI is InChI=1S/C17H28N2O5.C9H8FNO2/c1-6-7-9-12(15(21)23-5)18-14(20)13-10-8-11-19(13)16(22)24-17(2,3)4;10-8-3-1-2-6-4-11(9(12)13)5-7(6)8/h6,12-13H,1,7-11H2,2-5H3,(H,18,20);1-3H,4-5H2,(H,12,13). The fourth-order valence-corrected chi connectivity index (χ4v) is 4.04. The summed E-state index contributed by atoms with van der Waals surface area (Å²) in [6.45, 7) is 9.86. The molecule has 0 radical (unpaired) electrons. The number of amides is 3. The monoisotopic (exact) mass is 521 g/mol. The lowest BCUT2D eigenvalue weighted by atomic mass is 10.1. The van der Waals surface area contributed by atoms with E-state index in [0.717, 1.165) is 5.56 Å². The average Bonchev–Trinajstić information content (AvgIpc) is 3.49. The number of methoxy groups -OCH3 is 1. The van der Waals surface area contributed by atoms with E-state index in [1.807, 2.05) is 0 Å². The highest BCUT2D eigenvalue weighted by Crippen LogP contribution is 2.25. The van der Waals surface area contributed by atoms with Crippen molar-refractivity contribution in [2.24, 2.45) is 0 Å². The smallest absolute Gasteiger partial charge is 0.410 e. The van der Waals surface area contributed by atoms with Gasteiger partial charge in [0.2, 0.25) is 5.91 Å². The predicted molar refractivity (Wildman–Crippen MR) is 133 cm³/mol. The first-order valence-corrected chi connectivity index (χ1v) is 12.1. The fraction of sp³-hybridized carbons (Fsp3) is 0.538. The molecule has 2 aliphatic rings. The second-order valence-corrected chi connectivity index (χ2v) is 9.80. The number of hydrogen-bond donors (Lipinski definition) is 2. The van der Waals surface area contributed by atoms with Crippen molar-refractivity contribution in [3.05, 3.63) is 47.8 Å². The van der Waals surface area contributed by atoms with Crippen molar-refractivity contribution < 1.29 is 38.1 Å². The summed E-state index contributed by atoms with van der Waals surface area (Å²) < 4.78 is 23.2. The number of likely N-dealkylation sites (tertiary alicyclic amines) is 1. The second kappa shape index (κ2) is 13.1. The maximum Gasteiger partial charge on any atom is 0.410 e. The van der Waals surface area contributed by atoms with Crippen LogP contribution in [0.4, 0.5) is 14.0 Å². The van der Waals surface area contributed by atoms with E-state index in [4.69, 9.17) is 14.6 Å². The van der Waals surface area contributed by atoms with Crippen molar-refractivity contribution in [1.82, 2.24) is 15.1 Å². The number of hydrogen-bond acceptors (Lipinski definition) is 6. The minimum atomic E-state index is -1.00. The van der Waals surface area contributed by atoms with E-state index in [0.29, 0.717) is 44.3 Å². The van der Waals surface area contributed by atoms with Gasteiger partial charge in [0, 0.05) is 18.7 Å². The molecule has 2 N–H and O–H groups in total. The molecule has 0 bridgehead atoms. The summed E-state index contributed by atoms with van der Waals surface area (Å²) in [6.07, 6.45) is 2.39. The third-order valence-corrected chi connectivity index (χ3v) is 5.84. The molecule has 204 valence electrons. The van der Waals surface area contributed by atoms with E-state index in [1.165, 1.54) is 23.0 Å². The Labute approximate surface area is 216 Å². The number of carboxylic acid groups (broad SMARTS) is 1. The summed E-state index contributed by atoms with van der Waals surface area (Å²) >= 11 is 0. The Morgan fingerprint density at radius 2 is 1.97 bits per heavy atom. The van der Waals surface area contributed by atoms with Gasteiger partial charge in [-0.05, 0) is 58.1 Å². The van der Waals surface area contributed by atoms with E-state index >= 15 is 0 Å². The lowest BCUT2D eigenvalue weighted by Gasteiger charge is -2.28. The van der Waals surface area contributed by atoms with E-state index < -0.39 is 35.8 Å². The minimum absolute atomic E-state index is 0.164. The van der Waals surface area contributed by atoms with Crippen molar-refractivity contribution >= 4 is 24.1 Å². The van der Waals surface area contributed by atoms with Crippen LogP contribution in [0, 0.1) is 5.82 Å². The zero-order valence-corrected chi connectivity index (χ0v) is 21.8. The molecule has 0 saturated carbocycles. The molecule has 3 rings (SSSR count). The van der Waals surface area contributed by atoms with Gasteiger partial charge in [-0.2, -0.15) is 0 Å². The molecule has 2 heterocycles. The zero-order valence-electron chi connectivity index (χ0n) is 21.8. The first-order chi connectivity index (χ1) is 17.4. The van der Waals surface area contributed by atoms with Gasteiger partial charge in [0.25, 0.3) is 0 Å². The van der Waals surface area contributed by atoms with Gasteiger partial charge in [-0.1, -0.05) is 18.2 Å². The molecular formula is C26H36FN3O7. The molecule has 37 heavy (non-hydrogen) atoms. The quantitative estimate of drug-likeness (QED) is 0.430. The molecule has 2 atom stereocenters. The van der Waals surface area contributed by atoms with E-state index in [2.05, 4.69) is 11.9 Å². The Kier molecular flexibility index (Phi) is 10.5. The van der Waals surface area contributed by atoms with Crippen LogP contribution in [0.5, 0.6) is 0 Å². The van der Waals surface area contributed by atoms with Gasteiger partial charge in [0.1, 0.15) is 23.5 Å². The summed E-state index contributed by atoms with van der Waals surface area (Å²) in [5.74, 6) is -1.19. The lowest BCUT2D eigenvalue weighted by Crippen LogP contribution is -2.51. The molecule has 1 aromatic carbocycles. The summed E-state index contributed by atoms with van der Waals surface area (Å²) in [5.41, 5.74) is 0.645. The number of carbonyl (C=O) groups is 4. The first-order valence-electron chi connectivity index (χ1n) is 12.1. The highest BCUT2D eigenvalue weighted by atomic mass is 19.1. The fourth-order valence-electron chi connectivity index (χ4n) is 4.04. The molecule has 0 spiro atoms. The van der Waals surface area contributed by atoms with Gasteiger partial charge in [-0.3, -0.25) is 14.6 Å². The molecule has 11 heteroatoms. The van der Waals surface area contributed by atoms with Gasteiger partial charge >= 0.3 is 18.2 Å². The van der Waals surface area contributed by atoms with Crippen LogP contribution in [0.15, 0.2) is 30.9 Å². The topological polar surface area (TPSA) is 125 Å². The van der Waals surface area contributed by atoms with Gasteiger partial charge in [-0.25, -0.2) is 18.8 Å². The number of allylic oxidation sites excluding steroid dienone is 1. The summed E-state index contributed by atoms with van der Waals surface area (Å²) in [4.78, 5) is 49.8. The molecule has 10 nitrogen and oxygen atoms in total. The van der Waals surface area contributed by atoms with E-state index in [9.17, 15) is 23.6 Å². The van der Waals surface area contributed by atoms with E-state index in [1.54, 1.807) is 39.0 Å². The molecule has 0 aliphatic carbocycles. The van der Waals surface area contributed by atoms with Crippen molar-refractivity contribution in [1.29, 1.82) is 0 Å². The van der Waals surface area contributed by atoms with Gasteiger partial charge in [0.05, 0.1) is 13.7 Å². The van der Waals surface area contributed by atoms with Gasteiger partial charge < -0.3 is 19.9 Å². The molecular weight excluding hydrogens is 485 g/mol. The second-order valence-electron chi connectivity index (χ2n) is 9.80. The largest absolute Gasteiger partial charge is 0.467 e. The van der Waals surface area contributed by atoms with Crippen molar-refractivity contribution in [2.45, 2.75) is 77.2 Å². The average molecular weight is 522 g/mol. The Balaban J connectivity index is 0.000000308. The maximum atomic E-state index is 13.1. The van der Waals surface area contributed by atoms with Gasteiger partial charge in [0.15, 0.2) is 0 Å². The van der Waals surface area contributed by atoms with Crippen molar-refractivity contribution in [3.8, 4) is 0 Å². The number of nitrogens with zero attached hydrogens (tertiary/aromatic N) is 2. The Morgan fingerprint density at radius 1 is 1.27 bits per heavy atom. The normalized spacial score (nSPS) is 17.2. The number of nitrogens with one attached hydrogen (secondary N) is 1. The molecule has 3 amide bonds. The molecule has 1 saturated heterocycles. The number of esters is 1. The predicted octanol–water partition coefficient (Wildman–Crippen LogP) is 3.83. The number of rotatable bonds is 6. The highest BCUT2D eigenvalue weighted by Gasteiger charge is 2.38. The highest BCUT2D eigenvalue weighted by molar-refractivity contribution is 5.90. The molecule has 2 aliphatic heterocycles. The van der Waals surface area contributed by atoms with Crippen LogP contribution in [0.1, 0.15) is 57.6 Å². The number of ether oxygens (including phenoxy) is 2. The SMILES string of the molecule is C=CCCC(NC(=O)C1CCCN1C(=O)OC(C)(C)C)C(=O)OC.O=C(O)N1Cc2cccc(F)c2C1. The van der Waals surface area contributed by atoms with Crippen LogP contribution in [-0.2, 0) is 32.2 Å². The number of benzene rings is 1. The van der Waals surface area contributed by atoms with Crippen LogP contribution in [0.3, 0.4) is 0 Å². The Hall–Kier alpha value is -3.63. The zero-order chi connectivity index (χ0) is 27.8. The van der Waals surface area contributed by atoms with Crippen LogP contribution in [-0.4, -0.2) is 70.3 Å². The summed E-state index contributed by atoms with van der Waals surface area (Å²) in [5, 5.41) is 11.4. The maximum absolute atomic E-state index is 13.1. The summed E-state index contributed by atoms with van der Waals surface area (Å²) in [7, 11) is 1.28. The first kappa shape index (κ1) is 29.6. The Bertz CT molecular complexity index is 1010. The third kappa shape index (κ3) is 8.47. The molecule has 2 unspecified atom stereocenters. The third-order valence-electron chi connectivity index (χ3n) is 5.84. The van der Waals surface area contributed by atoms with Crippen LogP contribution < -0.4 is 5.32 Å².